The van der Waals surface area contributed by atoms with Gasteiger partial charge in [-0.05, 0) is 56.0 Å². The van der Waals surface area contributed by atoms with Gasteiger partial charge in [0.25, 0.3) is 0 Å². The number of hydrogen-bond donors (Lipinski definition) is 1. The van der Waals surface area contributed by atoms with Gasteiger partial charge in [0.05, 0.1) is 7.11 Å². The second-order valence-corrected chi connectivity index (χ2v) is 5.62. The molecule has 2 heterocycles. The number of fused-ring (bicyclic) bond motifs is 1. The highest BCUT2D eigenvalue weighted by atomic mass is 16.5. The van der Waals surface area contributed by atoms with E-state index in [1.165, 1.54) is 30.0 Å². The van der Waals surface area contributed by atoms with E-state index in [-0.39, 0.29) is 0 Å². The van der Waals surface area contributed by atoms with Gasteiger partial charge in [-0.1, -0.05) is 0 Å². The zero-order valence-electron chi connectivity index (χ0n) is 12.8. The van der Waals surface area contributed by atoms with Crippen LogP contribution in [0.5, 0.6) is 5.75 Å². The molecule has 1 saturated heterocycles. The number of methoxy groups -OCH3 is 1. The topological polar surface area (TPSA) is 37.4 Å². The first-order valence-electron chi connectivity index (χ1n) is 7.67. The molecule has 1 atom stereocenters. The Hall–Kier alpha value is -1.81. The Bertz CT molecular complexity index is 612. The first-order chi connectivity index (χ1) is 10.3. The summed E-state index contributed by atoms with van der Waals surface area (Å²) in [7, 11) is 3.73. The maximum atomic E-state index is 5.32. The normalized spacial score (nSPS) is 19.0. The highest BCUT2D eigenvalue weighted by Gasteiger charge is 2.24. The van der Waals surface area contributed by atoms with Crippen molar-refractivity contribution in [1.29, 1.82) is 0 Å². The van der Waals surface area contributed by atoms with Gasteiger partial charge in [-0.15, -0.1) is 0 Å². The predicted molar refractivity (Wildman–Crippen MR) is 87.2 cm³/mol. The van der Waals surface area contributed by atoms with Crippen LogP contribution in [0, 0.1) is 0 Å². The van der Waals surface area contributed by atoms with Crippen LogP contribution in [0.25, 0.3) is 10.8 Å². The van der Waals surface area contributed by atoms with E-state index in [0.29, 0.717) is 6.04 Å². The quantitative estimate of drug-likeness (QED) is 0.937. The smallest absolute Gasteiger partial charge is 0.136 e. The summed E-state index contributed by atoms with van der Waals surface area (Å²) < 4.78 is 5.32. The number of nitrogens with zero attached hydrogens (tertiary/aromatic N) is 2. The average molecular weight is 285 g/mol. The molecule has 1 aliphatic rings. The number of hydrogen-bond acceptors (Lipinski definition) is 4. The van der Waals surface area contributed by atoms with E-state index in [2.05, 4.69) is 33.4 Å². The number of pyridine rings is 1. The number of piperidine rings is 1. The monoisotopic (exact) mass is 285 g/mol. The summed E-state index contributed by atoms with van der Waals surface area (Å²) in [5.74, 6) is 2.00. The Morgan fingerprint density at radius 3 is 3.05 bits per heavy atom. The van der Waals surface area contributed by atoms with Crippen LogP contribution in [0.3, 0.4) is 0 Å². The van der Waals surface area contributed by atoms with E-state index in [0.717, 1.165) is 24.7 Å². The molecule has 3 rings (SSSR count). The van der Waals surface area contributed by atoms with Crippen molar-refractivity contribution in [2.24, 2.45) is 0 Å². The van der Waals surface area contributed by atoms with Crippen molar-refractivity contribution in [3.63, 3.8) is 0 Å². The Balaban J connectivity index is 2.02. The predicted octanol–water partition coefficient (Wildman–Crippen LogP) is 2.82. The lowest BCUT2D eigenvalue weighted by Gasteiger charge is -2.37. The number of nitrogens with one attached hydrogen (secondary N) is 1. The number of rotatable bonds is 4. The van der Waals surface area contributed by atoms with Gasteiger partial charge in [-0.3, -0.25) is 0 Å². The molecular weight excluding hydrogens is 262 g/mol. The molecule has 112 valence electrons. The lowest BCUT2D eigenvalue weighted by atomic mass is 10.0. The summed E-state index contributed by atoms with van der Waals surface area (Å²) >= 11 is 0. The van der Waals surface area contributed by atoms with Crippen LogP contribution in [-0.2, 0) is 0 Å². The van der Waals surface area contributed by atoms with Crippen LogP contribution in [0.2, 0.25) is 0 Å². The van der Waals surface area contributed by atoms with Gasteiger partial charge < -0.3 is 15.0 Å². The summed E-state index contributed by atoms with van der Waals surface area (Å²) in [6.45, 7) is 2.10. The number of benzene rings is 1. The third-order valence-electron chi connectivity index (χ3n) is 4.29. The molecule has 1 N–H and O–H groups in total. The molecule has 0 spiro atoms. The van der Waals surface area contributed by atoms with Crippen LogP contribution < -0.4 is 15.0 Å². The molecule has 1 aromatic carbocycles. The van der Waals surface area contributed by atoms with Crippen LogP contribution in [0.1, 0.15) is 19.3 Å². The second kappa shape index (κ2) is 6.31. The summed E-state index contributed by atoms with van der Waals surface area (Å²) in [4.78, 5) is 7.14. The fraction of sp³-hybridized carbons (Fsp3) is 0.471. The standard InChI is InChI=1S/C17H23N3O/c1-18-12-14-5-3-4-10-20(14)17-16-7-6-15(21-2)11-13(16)8-9-19-17/h6-9,11,14,18H,3-5,10,12H2,1-2H3. The number of aromatic nitrogens is 1. The third-order valence-corrected chi connectivity index (χ3v) is 4.29. The van der Waals surface area contributed by atoms with Crippen molar-refractivity contribution in [3.8, 4) is 5.75 Å². The number of likely N-dealkylation sites (N-methyl/N-ethyl adjacent to an activating group) is 1. The second-order valence-electron chi connectivity index (χ2n) is 5.62. The van der Waals surface area contributed by atoms with E-state index in [1.807, 2.05) is 19.3 Å². The molecule has 1 unspecified atom stereocenters. The van der Waals surface area contributed by atoms with Crippen molar-refractivity contribution < 1.29 is 4.74 Å². The molecule has 4 heteroatoms. The number of ether oxygens (including phenoxy) is 1. The number of anilines is 1. The summed E-state index contributed by atoms with van der Waals surface area (Å²) in [5, 5.41) is 5.71. The third kappa shape index (κ3) is 2.81. The molecule has 1 fully saturated rings. The summed E-state index contributed by atoms with van der Waals surface area (Å²) in [5.41, 5.74) is 0. The molecule has 0 amide bonds. The zero-order valence-corrected chi connectivity index (χ0v) is 12.8. The van der Waals surface area contributed by atoms with Crippen molar-refractivity contribution >= 4 is 16.6 Å². The first kappa shape index (κ1) is 14.1. The van der Waals surface area contributed by atoms with E-state index in [4.69, 9.17) is 4.74 Å². The molecule has 0 bridgehead atoms. The van der Waals surface area contributed by atoms with E-state index in [9.17, 15) is 0 Å². The lowest BCUT2D eigenvalue weighted by Crippen LogP contribution is -2.45. The fourth-order valence-corrected chi connectivity index (χ4v) is 3.22. The molecular formula is C17H23N3O. The van der Waals surface area contributed by atoms with E-state index in [1.54, 1.807) is 7.11 Å². The molecule has 4 nitrogen and oxygen atoms in total. The molecule has 0 radical (unpaired) electrons. The van der Waals surface area contributed by atoms with Gasteiger partial charge in [0.1, 0.15) is 11.6 Å². The molecule has 21 heavy (non-hydrogen) atoms. The van der Waals surface area contributed by atoms with Crippen LogP contribution in [-0.4, -0.2) is 38.3 Å². The van der Waals surface area contributed by atoms with E-state index < -0.39 is 0 Å². The van der Waals surface area contributed by atoms with Crippen LogP contribution in [0.15, 0.2) is 30.5 Å². The van der Waals surface area contributed by atoms with Gasteiger partial charge in [0, 0.05) is 30.7 Å². The minimum atomic E-state index is 0.531. The summed E-state index contributed by atoms with van der Waals surface area (Å²) in [6.07, 6.45) is 5.69. The highest BCUT2D eigenvalue weighted by molar-refractivity contribution is 5.93. The fourth-order valence-electron chi connectivity index (χ4n) is 3.22. The Morgan fingerprint density at radius 2 is 2.24 bits per heavy atom. The van der Waals surface area contributed by atoms with Crippen molar-refractivity contribution in [2.75, 3.05) is 32.1 Å². The van der Waals surface area contributed by atoms with Crippen molar-refractivity contribution in [1.82, 2.24) is 10.3 Å². The maximum absolute atomic E-state index is 5.32. The van der Waals surface area contributed by atoms with Crippen molar-refractivity contribution in [2.45, 2.75) is 25.3 Å². The molecule has 1 aliphatic heterocycles. The minimum absolute atomic E-state index is 0.531. The minimum Gasteiger partial charge on any atom is -0.497 e. The highest BCUT2D eigenvalue weighted by Crippen LogP contribution is 2.31. The summed E-state index contributed by atoms with van der Waals surface area (Å²) in [6, 6.07) is 8.81. The van der Waals surface area contributed by atoms with Gasteiger partial charge in [-0.25, -0.2) is 4.98 Å². The zero-order chi connectivity index (χ0) is 14.7. The SMILES string of the molecule is CNCC1CCCCN1c1nccc2cc(OC)ccc12. The van der Waals surface area contributed by atoms with Gasteiger partial charge in [0.2, 0.25) is 0 Å². The van der Waals surface area contributed by atoms with Gasteiger partial charge in [0.15, 0.2) is 0 Å². The molecule has 1 aromatic heterocycles. The Morgan fingerprint density at radius 1 is 1.33 bits per heavy atom. The largest absolute Gasteiger partial charge is 0.497 e. The lowest BCUT2D eigenvalue weighted by molar-refractivity contribution is 0.415. The molecule has 0 saturated carbocycles. The van der Waals surface area contributed by atoms with Crippen LogP contribution >= 0.6 is 0 Å². The first-order valence-corrected chi connectivity index (χ1v) is 7.67. The average Bonchev–Trinajstić information content (AvgIpc) is 2.54. The van der Waals surface area contributed by atoms with Crippen molar-refractivity contribution in [3.05, 3.63) is 30.5 Å². The van der Waals surface area contributed by atoms with Crippen LogP contribution in [0.4, 0.5) is 5.82 Å². The van der Waals surface area contributed by atoms with E-state index >= 15 is 0 Å². The molecule has 2 aromatic rings. The molecule has 0 aliphatic carbocycles. The van der Waals surface area contributed by atoms with Gasteiger partial charge in [-0.2, -0.15) is 0 Å². The maximum Gasteiger partial charge on any atom is 0.136 e. The Kier molecular flexibility index (Phi) is 4.25. The Labute approximate surface area is 126 Å². The van der Waals surface area contributed by atoms with Gasteiger partial charge >= 0.3 is 0 Å².